The largest absolute Gasteiger partial charge is 0.442 e. The standard InChI is InChI=1S/C31H34N4O3/c1-20-7-5-10-23(18-32)28(20)21-8-6-9-22(12-11-21)29(36)35(25-13-14-25)26-15-16-27-24(17-26)19-34(33-27)30(37)38-31(2,3)4/h5-7,9-12,19,25-26H,8,13-17H2,1-4H3. The van der Waals surface area contributed by atoms with E-state index in [1.54, 1.807) is 6.20 Å². The van der Waals surface area contributed by atoms with Gasteiger partial charge in [-0.15, -0.1) is 0 Å². The number of benzene rings is 1. The number of nitrogens with zero attached hydrogens (tertiary/aromatic N) is 4. The van der Waals surface area contributed by atoms with Gasteiger partial charge < -0.3 is 9.64 Å². The summed E-state index contributed by atoms with van der Waals surface area (Å²) in [6.45, 7) is 7.52. The van der Waals surface area contributed by atoms with Crippen molar-refractivity contribution in [2.45, 2.75) is 83.9 Å². The van der Waals surface area contributed by atoms with Crippen molar-refractivity contribution in [1.29, 1.82) is 5.26 Å². The molecule has 1 amide bonds. The number of carbonyl (C=O) groups excluding carboxylic acids is 2. The van der Waals surface area contributed by atoms with Crippen LogP contribution in [0.5, 0.6) is 0 Å². The number of aryl methyl sites for hydroxylation is 2. The Morgan fingerprint density at radius 2 is 1.95 bits per heavy atom. The molecule has 1 unspecified atom stereocenters. The fourth-order valence-electron chi connectivity index (χ4n) is 5.40. The molecule has 1 fully saturated rings. The molecule has 5 rings (SSSR count). The van der Waals surface area contributed by atoms with E-state index in [9.17, 15) is 14.9 Å². The highest BCUT2D eigenvalue weighted by molar-refractivity contribution is 5.98. The van der Waals surface area contributed by atoms with Crippen LogP contribution in [-0.4, -0.2) is 44.4 Å². The van der Waals surface area contributed by atoms with Gasteiger partial charge in [0.05, 0.1) is 17.3 Å². The second-order valence-electron chi connectivity index (χ2n) is 11.4. The van der Waals surface area contributed by atoms with E-state index in [4.69, 9.17) is 4.74 Å². The van der Waals surface area contributed by atoms with Crippen LogP contribution in [0.4, 0.5) is 4.79 Å². The van der Waals surface area contributed by atoms with Gasteiger partial charge in [-0.1, -0.05) is 30.4 Å². The van der Waals surface area contributed by atoms with Crippen LogP contribution in [0.3, 0.4) is 0 Å². The predicted molar refractivity (Wildman–Crippen MR) is 145 cm³/mol. The summed E-state index contributed by atoms with van der Waals surface area (Å²) in [7, 11) is 0. The van der Waals surface area contributed by atoms with Gasteiger partial charge in [0.2, 0.25) is 0 Å². The van der Waals surface area contributed by atoms with Crippen molar-refractivity contribution in [3.63, 3.8) is 0 Å². The van der Waals surface area contributed by atoms with Gasteiger partial charge in [-0.2, -0.15) is 15.0 Å². The summed E-state index contributed by atoms with van der Waals surface area (Å²) in [4.78, 5) is 28.5. The van der Waals surface area contributed by atoms with Crippen molar-refractivity contribution in [1.82, 2.24) is 14.7 Å². The molecular formula is C31H34N4O3. The summed E-state index contributed by atoms with van der Waals surface area (Å²) in [6.07, 6.45) is 14.0. The first kappa shape index (κ1) is 25.7. The zero-order valence-corrected chi connectivity index (χ0v) is 22.5. The molecule has 1 saturated carbocycles. The molecule has 0 N–H and O–H groups in total. The van der Waals surface area contributed by atoms with E-state index in [1.807, 2.05) is 70.2 Å². The maximum Gasteiger partial charge on any atom is 0.435 e. The van der Waals surface area contributed by atoms with Crippen molar-refractivity contribution >= 4 is 17.6 Å². The number of allylic oxidation sites excluding steroid dienone is 4. The molecule has 0 bridgehead atoms. The number of amides is 1. The van der Waals surface area contributed by atoms with Crippen LogP contribution in [0.2, 0.25) is 0 Å². The lowest BCUT2D eigenvalue weighted by molar-refractivity contribution is -0.130. The molecule has 38 heavy (non-hydrogen) atoms. The summed E-state index contributed by atoms with van der Waals surface area (Å²) in [5, 5.41) is 14.1. The quantitative estimate of drug-likeness (QED) is 0.529. The van der Waals surface area contributed by atoms with Crippen molar-refractivity contribution in [2.75, 3.05) is 0 Å². The number of hydrogen-bond donors (Lipinski definition) is 0. The third-order valence-electron chi connectivity index (χ3n) is 7.26. The Morgan fingerprint density at radius 3 is 2.66 bits per heavy atom. The highest BCUT2D eigenvalue weighted by Gasteiger charge is 2.40. The van der Waals surface area contributed by atoms with E-state index in [0.717, 1.165) is 53.6 Å². The zero-order valence-electron chi connectivity index (χ0n) is 22.5. The minimum atomic E-state index is -0.592. The Bertz CT molecular complexity index is 1410. The summed E-state index contributed by atoms with van der Waals surface area (Å²) in [6, 6.07) is 8.36. The van der Waals surface area contributed by atoms with Crippen molar-refractivity contribution < 1.29 is 14.3 Å². The fraction of sp³-hybridized carbons (Fsp3) is 0.419. The molecule has 0 aliphatic heterocycles. The van der Waals surface area contributed by atoms with Crippen LogP contribution in [0.1, 0.15) is 74.4 Å². The van der Waals surface area contributed by atoms with E-state index in [0.29, 0.717) is 24.0 Å². The highest BCUT2D eigenvalue weighted by Crippen LogP contribution is 2.36. The van der Waals surface area contributed by atoms with Gasteiger partial charge in [-0.05, 0) is 101 Å². The van der Waals surface area contributed by atoms with Crippen molar-refractivity contribution in [3.8, 4) is 6.07 Å². The van der Waals surface area contributed by atoms with Crippen LogP contribution in [-0.2, 0) is 22.4 Å². The van der Waals surface area contributed by atoms with Gasteiger partial charge in [-0.25, -0.2) is 4.79 Å². The topological polar surface area (TPSA) is 88.2 Å². The molecule has 2 aromatic rings. The van der Waals surface area contributed by atoms with Gasteiger partial charge in [0.1, 0.15) is 5.60 Å². The highest BCUT2D eigenvalue weighted by atomic mass is 16.6. The minimum Gasteiger partial charge on any atom is -0.442 e. The van der Waals surface area contributed by atoms with E-state index < -0.39 is 11.7 Å². The van der Waals surface area contributed by atoms with Gasteiger partial charge in [-0.3, -0.25) is 4.79 Å². The Labute approximate surface area is 224 Å². The first-order chi connectivity index (χ1) is 18.1. The molecule has 0 saturated heterocycles. The van der Waals surface area contributed by atoms with E-state index >= 15 is 0 Å². The van der Waals surface area contributed by atoms with Crippen LogP contribution >= 0.6 is 0 Å². The van der Waals surface area contributed by atoms with Crippen LogP contribution in [0, 0.1) is 18.3 Å². The number of rotatable bonds is 4. The molecule has 3 aliphatic carbocycles. The van der Waals surface area contributed by atoms with Gasteiger partial charge in [0, 0.05) is 23.9 Å². The average Bonchev–Trinajstić information content (AvgIpc) is 3.64. The predicted octanol–water partition coefficient (Wildman–Crippen LogP) is 5.66. The average molecular weight is 511 g/mol. The lowest BCUT2D eigenvalue weighted by atomic mass is 9.91. The van der Waals surface area contributed by atoms with Crippen LogP contribution in [0.15, 0.2) is 54.3 Å². The van der Waals surface area contributed by atoms with Crippen LogP contribution < -0.4 is 0 Å². The van der Waals surface area contributed by atoms with Gasteiger partial charge in [0.15, 0.2) is 0 Å². The molecule has 1 aromatic heterocycles. The number of hydrogen-bond acceptors (Lipinski definition) is 5. The Hall–Kier alpha value is -3.92. The lowest BCUT2D eigenvalue weighted by Gasteiger charge is -2.34. The third kappa shape index (κ3) is 5.35. The number of ether oxygens (including phenoxy) is 1. The SMILES string of the molecule is Cc1cccc(C#N)c1C1=CC=C(C(=O)N(C2CC2)C2CCc3nn(C(=O)OC(C)(C)C)cc3C2)C=CC1. The van der Waals surface area contributed by atoms with Gasteiger partial charge in [0.25, 0.3) is 5.91 Å². The number of nitriles is 1. The summed E-state index contributed by atoms with van der Waals surface area (Å²) >= 11 is 0. The molecule has 0 spiro atoms. The first-order valence-electron chi connectivity index (χ1n) is 13.4. The fourth-order valence-corrected chi connectivity index (χ4v) is 5.40. The number of aromatic nitrogens is 2. The van der Waals surface area contributed by atoms with Crippen molar-refractivity contribution in [2.24, 2.45) is 0 Å². The maximum atomic E-state index is 13.9. The molecule has 7 nitrogen and oxygen atoms in total. The Kier molecular flexibility index (Phi) is 6.83. The maximum absolute atomic E-state index is 13.9. The molecule has 7 heteroatoms. The third-order valence-corrected chi connectivity index (χ3v) is 7.26. The Balaban J connectivity index is 1.37. The monoisotopic (exact) mass is 510 g/mol. The van der Waals surface area contributed by atoms with Crippen LogP contribution in [0.25, 0.3) is 5.57 Å². The summed E-state index contributed by atoms with van der Waals surface area (Å²) in [5.74, 6) is 0.0412. The smallest absolute Gasteiger partial charge is 0.435 e. The number of carbonyl (C=O) groups is 2. The number of fused-ring (bicyclic) bond motifs is 1. The Morgan fingerprint density at radius 1 is 1.16 bits per heavy atom. The molecular weight excluding hydrogens is 476 g/mol. The minimum absolute atomic E-state index is 0.0412. The van der Waals surface area contributed by atoms with E-state index in [-0.39, 0.29) is 18.0 Å². The summed E-state index contributed by atoms with van der Waals surface area (Å²) < 4.78 is 6.77. The first-order valence-corrected chi connectivity index (χ1v) is 13.4. The molecule has 1 aromatic carbocycles. The zero-order chi connectivity index (χ0) is 27.0. The normalized spacial score (nSPS) is 19.0. The van der Waals surface area contributed by atoms with Crippen molar-refractivity contribution in [3.05, 3.63) is 82.2 Å². The molecule has 0 radical (unpaired) electrons. The molecule has 1 heterocycles. The van der Waals surface area contributed by atoms with E-state index in [1.165, 1.54) is 4.68 Å². The molecule has 196 valence electrons. The second kappa shape index (κ2) is 10.1. The second-order valence-corrected chi connectivity index (χ2v) is 11.4. The molecule has 1 atom stereocenters. The summed E-state index contributed by atoms with van der Waals surface area (Å²) in [5.41, 5.74) is 5.66. The lowest BCUT2D eigenvalue weighted by Crippen LogP contribution is -2.45. The van der Waals surface area contributed by atoms with Gasteiger partial charge >= 0.3 is 6.09 Å². The van der Waals surface area contributed by atoms with E-state index in [2.05, 4.69) is 16.1 Å². The molecule has 3 aliphatic rings.